The Hall–Kier alpha value is -2.42. The van der Waals surface area contributed by atoms with Crippen molar-refractivity contribution in [3.63, 3.8) is 0 Å². The van der Waals surface area contributed by atoms with Gasteiger partial charge in [0.25, 0.3) is 0 Å². The Labute approximate surface area is 165 Å². The maximum atomic E-state index is 12.5. The molecule has 3 amide bonds. The van der Waals surface area contributed by atoms with Crippen LogP contribution in [0.25, 0.3) is 0 Å². The number of carbonyl (C=O) groups excluding carboxylic acids is 2. The molecule has 27 heavy (non-hydrogen) atoms. The average Bonchev–Trinajstić information content (AvgIpc) is 3.32. The summed E-state index contributed by atoms with van der Waals surface area (Å²) in [5.74, 6) is -0.0891. The third kappa shape index (κ3) is 3.97. The largest absolute Gasteiger partial charge is 0.336 e. The van der Waals surface area contributed by atoms with E-state index in [1.807, 2.05) is 48.5 Å². The number of amides is 3. The van der Waals surface area contributed by atoms with Crippen LogP contribution < -0.4 is 26.4 Å². The van der Waals surface area contributed by atoms with E-state index in [4.69, 9.17) is 0 Å². The molecule has 0 radical (unpaired) electrons. The normalized spacial score (nSPS) is 22.0. The van der Waals surface area contributed by atoms with E-state index in [0.29, 0.717) is 25.2 Å². The number of carbonyl (C=O) groups is 2. The first-order valence-corrected chi connectivity index (χ1v) is 9.62. The van der Waals surface area contributed by atoms with Crippen molar-refractivity contribution in [2.24, 2.45) is 0 Å². The number of anilines is 2. The highest BCUT2D eigenvalue weighted by molar-refractivity contribution is 9.10. The minimum atomic E-state index is -0.317. The summed E-state index contributed by atoms with van der Waals surface area (Å²) in [6.45, 7) is 1.30. The van der Waals surface area contributed by atoms with E-state index in [9.17, 15) is 9.59 Å². The summed E-state index contributed by atoms with van der Waals surface area (Å²) in [4.78, 5) is 25.9. The molecule has 2 aliphatic rings. The lowest BCUT2D eigenvalue weighted by atomic mass is 10.0. The van der Waals surface area contributed by atoms with E-state index >= 15 is 0 Å². The number of hydrogen-bond donors (Lipinski definition) is 4. The van der Waals surface area contributed by atoms with E-state index < -0.39 is 0 Å². The number of hydrogen-bond acceptors (Lipinski definition) is 4. The molecule has 2 unspecified atom stereocenters. The Morgan fingerprint density at radius 3 is 2.48 bits per heavy atom. The number of benzene rings is 2. The molecule has 8 heteroatoms. The summed E-state index contributed by atoms with van der Waals surface area (Å²) in [6.07, 6.45) is 0.666. The average molecular weight is 430 g/mol. The molecule has 0 spiro atoms. The third-order valence-electron chi connectivity index (χ3n) is 4.80. The van der Waals surface area contributed by atoms with Gasteiger partial charge in [0.2, 0.25) is 5.91 Å². The summed E-state index contributed by atoms with van der Waals surface area (Å²) >= 11 is 3.43. The number of urea groups is 1. The van der Waals surface area contributed by atoms with Crippen molar-refractivity contribution in [3.8, 4) is 0 Å². The van der Waals surface area contributed by atoms with Crippen LogP contribution in [0.4, 0.5) is 16.2 Å². The van der Waals surface area contributed by atoms with Crippen LogP contribution in [-0.2, 0) is 4.79 Å². The quantitative estimate of drug-likeness (QED) is 0.601. The molecule has 2 heterocycles. The van der Waals surface area contributed by atoms with Gasteiger partial charge in [0, 0.05) is 35.0 Å². The van der Waals surface area contributed by atoms with Gasteiger partial charge in [-0.1, -0.05) is 28.1 Å². The number of hydrazine groups is 1. The highest BCUT2D eigenvalue weighted by Crippen LogP contribution is 2.25. The SMILES string of the molecule is O=C(Nc1ccc(N2CCNC2=O)cc1)C1CC(c2ccc(Br)cc2)NN1. The monoisotopic (exact) mass is 429 g/mol. The maximum absolute atomic E-state index is 12.5. The molecule has 4 N–H and O–H groups in total. The summed E-state index contributed by atoms with van der Waals surface area (Å²) in [5, 5.41) is 5.70. The lowest BCUT2D eigenvalue weighted by Crippen LogP contribution is -2.39. The van der Waals surface area contributed by atoms with Crippen LogP contribution in [-0.4, -0.2) is 31.1 Å². The fourth-order valence-electron chi connectivity index (χ4n) is 3.31. The molecule has 0 aliphatic carbocycles. The van der Waals surface area contributed by atoms with Crippen molar-refractivity contribution in [1.29, 1.82) is 0 Å². The number of nitrogens with one attached hydrogen (secondary N) is 4. The van der Waals surface area contributed by atoms with Crippen LogP contribution in [0.2, 0.25) is 0 Å². The van der Waals surface area contributed by atoms with Gasteiger partial charge in [-0.05, 0) is 48.4 Å². The molecule has 0 aromatic heterocycles. The molecule has 2 saturated heterocycles. The first kappa shape index (κ1) is 18.0. The fraction of sp³-hybridized carbons (Fsp3) is 0.263. The van der Waals surface area contributed by atoms with Gasteiger partial charge in [-0.25, -0.2) is 15.6 Å². The van der Waals surface area contributed by atoms with Gasteiger partial charge >= 0.3 is 6.03 Å². The first-order chi connectivity index (χ1) is 13.1. The van der Waals surface area contributed by atoms with Crippen molar-refractivity contribution in [1.82, 2.24) is 16.2 Å². The Kier molecular flexibility index (Phi) is 5.11. The summed E-state index contributed by atoms with van der Waals surface area (Å²) in [6, 6.07) is 15.0. The highest BCUT2D eigenvalue weighted by Gasteiger charge is 2.30. The van der Waals surface area contributed by atoms with E-state index in [1.165, 1.54) is 0 Å². The molecule has 2 fully saturated rings. The molecule has 0 bridgehead atoms. The summed E-state index contributed by atoms with van der Waals surface area (Å²) in [5.41, 5.74) is 8.91. The molecule has 4 rings (SSSR count). The van der Waals surface area contributed by atoms with E-state index in [-0.39, 0.29) is 24.0 Å². The zero-order valence-electron chi connectivity index (χ0n) is 14.5. The van der Waals surface area contributed by atoms with Crippen molar-refractivity contribution in [3.05, 3.63) is 58.6 Å². The number of rotatable bonds is 4. The predicted octanol–water partition coefficient (Wildman–Crippen LogP) is 2.52. The van der Waals surface area contributed by atoms with Gasteiger partial charge in [-0.15, -0.1) is 0 Å². The smallest absolute Gasteiger partial charge is 0.321 e. The van der Waals surface area contributed by atoms with Crippen molar-refractivity contribution >= 4 is 39.2 Å². The lowest BCUT2D eigenvalue weighted by molar-refractivity contribution is -0.117. The van der Waals surface area contributed by atoms with Gasteiger partial charge in [-0.2, -0.15) is 0 Å². The lowest BCUT2D eigenvalue weighted by Gasteiger charge is -2.15. The molecule has 0 saturated carbocycles. The number of nitrogens with zero attached hydrogens (tertiary/aromatic N) is 1. The van der Waals surface area contributed by atoms with E-state index in [1.54, 1.807) is 4.90 Å². The molecule has 7 nitrogen and oxygen atoms in total. The van der Waals surface area contributed by atoms with Crippen LogP contribution in [0.15, 0.2) is 53.0 Å². The van der Waals surface area contributed by atoms with Crippen molar-refractivity contribution < 1.29 is 9.59 Å². The van der Waals surface area contributed by atoms with Crippen LogP contribution in [0.1, 0.15) is 18.0 Å². The van der Waals surface area contributed by atoms with Crippen LogP contribution >= 0.6 is 15.9 Å². The molecular formula is C19H20BrN5O2. The standard InChI is InChI=1S/C19H20BrN5O2/c20-13-3-1-12(2-4-13)16-11-17(24-23-16)18(26)22-14-5-7-15(8-6-14)25-10-9-21-19(25)27/h1-8,16-17,23-24H,9-11H2,(H,21,27)(H,22,26). The highest BCUT2D eigenvalue weighted by atomic mass is 79.9. The third-order valence-corrected chi connectivity index (χ3v) is 5.32. The zero-order chi connectivity index (χ0) is 18.8. The topological polar surface area (TPSA) is 85.5 Å². The van der Waals surface area contributed by atoms with Gasteiger partial charge in [-0.3, -0.25) is 9.69 Å². The Morgan fingerprint density at radius 1 is 1.07 bits per heavy atom. The second-order valence-electron chi connectivity index (χ2n) is 6.60. The van der Waals surface area contributed by atoms with Crippen molar-refractivity contribution in [2.75, 3.05) is 23.3 Å². The molecule has 2 aliphatic heterocycles. The summed E-state index contributed by atoms with van der Waals surface area (Å²) < 4.78 is 1.03. The van der Waals surface area contributed by atoms with Crippen molar-refractivity contribution in [2.45, 2.75) is 18.5 Å². The Bertz CT molecular complexity index is 840. The molecule has 140 valence electrons. The van der Waals surface area contributed by atoms with Crippen LogP contribution in [0.3, 0.4) is 0 Å². The molecule has 2 aromatic carbocycles. The molecule has 2 aromatic rings. The van der Waals surface area contributed by atoms with E-state index in [2.05, 4.69) is 37.4 Å². The molecule has 2 atom stereocenters. The van der Waals surface area contributed by atoms with Gasteiger partial charge in [0.1, 0.15) is 6.04 Å². The predicted molar refractivity (Wildman–Crippen MR) is 107 cm³/mol. The van der Waals surface area contributed by atoms with Gasteiger partial charge < -0.3 is 10.6 Å². The summed E-state index contributed by atoms with van der Waals surface area (Å²) in [7, 11) is 0. The fourth-order valence-corrected chi connectivity index (χ4v) is 3.58. The minimum Gasteiger partial charge on any atom is -0.336 e. The van der Waals surface area contributed by atoms with Crippen LogP contribution in [0, 0.1) is 0 Å². The second-order valence-corrected chi connectivity index (χ2v) is 7.52. The maximum Gasteiger partial charge on any atom is 0.321 e. The Morgan fingerprint density at radius 2 is 1.81 bits per heavy atom. The Balaban J connectivity index is 1.35. The first-order valence-electron chi connectivity index (χ1n) is 8.83. The zero-order valence-corrected chi connectivity index (χ0v) is 16.1. The molecular weight excluding hydrogens is 410 g/mol. The minimum absolute atomic E-state index is 0.0879. The van der Waals surface area contributed by atoms with Gasteiger partial charge in [0.15, 0.2) is 0 Å². The van der Waals surface area contributed by atoms with E-state index in [0.717, 1.165) is 15.7 Å². The number of halogens is 1. The van der Waals surface area contributed by atoms with Gasteiger partial charge in [0.05, 0.1) is 0 Å². The van der Waals surface area contributed by atoms with Crippen LogP contribution in [0.5, 0.6) is 0 Å². The second kappa shape index (κ2) is 7.67.